The summed E-state index contributed by atoms with van der Waals surface area (Å²) in [6.45, 7) is 0. The highest BCUT2D eigenvalue weighted by molar-refractivity contribution is 8.03. The van der Waals surface area contributed by atoms with Crippen molar-refractivity contribution in [2.75, 3.05) is 5.73 Å². The van der Waals surface area contributed by atoms with E-state index in [1.165, 1.54) is 16.7 Å². The predicted octanol–water partition coefficient (Wildman–Crippen LogP) is 2.16. The minimum atomic E-state index is -1.58. The zero-order valence-corrected chi connectivity index (χ0v) is 18.5. The number of nitrogen functional groups attached to an aromatic ring is 1. The highest BCUT2D eigenvalue weighted by Gasteiger charge is 2.54. The average molecular weight is 495 g/mol. The number of carbonyl (C=O) groups is 3. The third-order valence-corrected chi connectivity index (χ3v) is 7.21. The number of nitrogens with two attached hydrogens (primary N) is 1. The number of allylic oxidation sites excluding steroid dienone is 1. The number of aliphatic carboxylic acids is 1. The smallest absolute Gasteiger partial charge is 0.353 e. The first-order valence-electron chi connectivity index (χ1n) is 9.24. The maximum atomic E-state index is 12.8. The van der Waals surface area contributed by atoms with E-state index >= 15 is 0 Å². The molecule has 32 heavy (non-hydrogen) atoms. The molecule has 0 saturated carbocycles. The summed E-state index contributed by atoms with van der Waals surface area (Å²) in [6, 6.07) is 2.14. The molecule has 4 heterocycles. The van der Waals surface area contributed by atoms with E-state index in [0.29, 0.717) is 22.8 Å². The van der Waals surface area contributed by atoms with Gasteiger partial charge in [-0.1, -0.05) is 40.8 Å². The van der Waals surface area contributed by atoms with Gasteiger partial charge < -0.3 is 16.2 Å². The molecule has 2 unspecified atom stereocenters. The van der Waals surface area contributed by atoms with Gasteiger partial charge in [-0.25, -0.2) is 14.8 Å². The van der Waals surface area contributed by atoms with Crippen LogP contribution >= 0.6 is 34.7 Å². The van der Waals surface area contributed by atoms with E-state index in [9.17, 15) is 24.4 Å². The van der Waals surface area contributed by atoms with Crippen LogP contribution in [0, 0.1) is 4.91 Å². The molecule has 2 aromatic heterocycles. The van der Waals surface area contributed by atoms with Crippen molar-refractivity contribution in [3.63, 3.8) is 0 Å². The lowest BCUT2D eigenvalue weighted by Crippen LogP contribution is -2.71. The molecular formula is C18H15ClN6O5S2. The molecule has 0 spiro atoms. The predicted molar refractivity (Wildman–Crippen MR) is 117 cm³/mol. The van der Waals surface area contributed by atoms with Crippen LogP contribution < -0.4 is 11.1 Å². The van der Waals surface area contributed by atoms with Gasteiger partial charge in [-0.05, 0) is 30.2 Å². The molecule has 1 saturated heterocycles. The van der Waals surface area contributed by atoms with Crippen LogP contribution in [0.15, 0.2) is 45.2 Å². The number of carboxylic acid groups (broad SMARTS) is 1. The fraction of sp³-hybridized carbons (Fsp3) is 0.278. The Morgan fingerprint density at radius 3 is 2.81 bits per heavy atom. The number of halogens is 1. The molecule has 14 heteroatoms. The Labute approximate surface area is 194 Å². The van der Waals surface area contributed by atoms with Gasteiger partial charge in [0.25, 0.3) is 11.8 Å². The molecule has 4 rings (SSSR count). The number of hydrogen-bond acceptors (Lipinski definition) is 10. The highest BCUT2D eigenvalue weighted by atomic mass is 35.5. The van der Waals surface area contributed by atoms with E-state index in [4.69, 9.17) is 17.3 Å². The van der Waals surface area contributed by atoms with Crippen molar-refractivity contribution in [1.29, 1.82) is 0 Å². The highest BCUT2D eigenvalue weighted by Crippen LogP contribution is 2.43. The minimum absolute atomic E-state index is 0.0498. The zero-order valence-electron chi connectivity index (χ0n) is 16.1. The molecule has 2 aliphatic rings. The lowest BCUT2D eigenvalue weighted by molar-refractivity contribution is -0.156. The molecule has 0 aliphatic carbocycles. The molecule has 3 atom stereocenters. The summed E-state index contributed by atoms with van der Waals surface area (Å²) in [7, 11) is 0. The van der Waals surface area contributed by atoms with Crippen LogP contribution in [-0.2, 0) is 14.4 Å². The second-order valence-corrected chi connectivity index (χ2v) is 9.61. The summed E-state index contributed by atoms with van der Waals surface area (Å²) in [4.78, 5) is 58.3. The Morgan fingerprint density at radius 1 is 1.44 bits per heavy atom. The summed E-state index contributed by atoms with van der Waals surface area (Å²) in [6.07, 6.45) is 2.40. The van der Waals surface area contributed by atoms with E-state index in [-0.39, 0.29) is 20.9 Å². The Kier molecular flexibility index (Phi) is 6.13. The van der Waals surface area contributed by atoms with Crippen LogP contribution in [0.3, 0.4) is 0 Å². The SMILES string of the molecule is Nc1nc(C(N=O)C(=O)N[C@@H]2C(=O)N3C(C(=O)O)=C(Sc4ccccn4)CCC23)c(Cl)s1. The number of aromatic nitrogens is 2. The van der Waals surface area contributed by atoms with Crippen LogP contribution in [0.25, 0.3) is 0 Å². The van der Waals surface area contributed by atoms with E-state index in [2.05, 4.69) is 20.5 Å². The Hall–Kier alpha value is -3.03. The molecule has 0 aromatic carbocycles. The van der Waals surface area contributed by atoms with Gasteiger partial charge in [0.1, 0.15) is 26.8 Å². The van der Waals surface area contributed by atoms with Crippen LogP contribution in [0.5, 0.6) is 0 Å². The van der Waals surface area contributed by atoms with Gasteiger partial charge in [-0.2, -0.15) is 0 Å². The first-order chi connectivity index (χ1) is 15.3. The molecule has 4 N–H and O–H groups in total. The number of amides is 2. The molecule has 2 aromatic rings. The number of β-lactam (4-membered cyclic amide) rings is 1. The van der Waals surface area contributed by atoms with Gasteiger partial charge in [0.05, 0.1) is 6.04 Å². The number of anilines is 1. The number of nitroso groups, excluding NO2 is 1. The van der Waals surface area contributed by atoms with E-state index in [1.54, 1.807) is 24.4 Å². The van der Waals surface area contributed by atoms with Gasteiger partial charge in [0, 0.05) is 11.1 Å². The van der Waals surface area contributed by atoms with Crippen molar-refractivity contribution in [1.82, 2.24) is 20.2 Å². The number of nitrogens with one attached hydrogen (secondary N) is 1. The van der Waals surface area contributed by atoms with Crippen molar-refractivity contribution in [2.45, 2.75) is 36.0 Å². The van der Waals surface area contributed by atoms with Gasteiger partial charge >= 0.3 is 5.97 Å². The number of thiazole rings is 1. The minimum Gasteiger partial charge on any atom is -0.477 e. The van der Waals surface area contributed by atoms with E-state index in [1.807, 2.05) is 0 Å². The second kappa shape index (κ2) is 8.84. The summed E-state index contributed by atoms with van der Waals surface area (Å²) >= 11 is 8.04. The topological polar surface area (TPSA) is 168 Å². The maximum absolute atomic E-state index is 12.8. The number of fused-ring (bicyclic) bond motifs is 1. The number of thioether (sulfide) groups is 1. The molecule has 166 valence electrons. The van der Waals surface area contributed by atoms with E-state index in [0.717, 1.165) is 11.3 Å². The average Bonchev–Trinajstić information content (AvgIpc) is 3.10. The number of carboxylic acids is 1. The van der Waals surface area contributed by atoms with Gasteiger partial charge in [-0.15, -0.1) is 4.91 Å². The summed E-state index contributed by atoms with van der Waals surface area (Å²) in [5, 5.41) is 15.7. The molecule has 11 nitrogen and oxygen atoms in total. The number of nitrogens with zero attached hydrogens (tertiary/aromatic N) is 4. The van der Waals surface area contributed by atoms with Crippen LogP contribution in [0.1, 0.15) is 24.6 Å². The number of pyridine rings is 1. The van der Waals surface area contributed by atoms with Gasteiger partial charge in [0.2, 0.25) is 6.04 Å². The Balaban J connectivity index is 1.52. The lowest BCUT2D eigenvalue weighted by atomic mass is 9.86. The summed E-state index contributed by atoms with van der Waals surface area (Å²) < 4.78 is 0.0498. The standard InChI is InChI=1S/C18H15ClN6O5S2/c19-14-11(23-18(20)32-14)12(24-30)15(26)22-10-7-4-5-8(31-9-3-1-2-6-21-9)13(17(28)29)25(7)16(10)27/h1-3,6-7,10,12H,4-5H2,(H2,20,23)(H,22,26)(H,28,29)/t7?,10-,12?/m0/s1. The first kappa shape index (κ1) is 22.2. The van der Waals surface area contributed by atoms with E-state index < -0.39 is 35.9 Å². The Morgan fingerprint density at radius 2 is 2.22 bits per heavy atom. The quantitative estimate of drug-likeness (QED) is 0.385. The monoisotopic (exact) mass is 494 g/mol. The summed E-state index contributed by atoms with van der Waals surface area (Å²) in [5.41, 5.74) is 5.33. The molecule has 2 amide bonds. The molecule has 2 aliphatic heterocycles. The number of rotatable bonds is 7. The lowest BCUT2D eigenvalue weighted by Gasteiger charge is -2.50. The van der Waals surface area contributed by atoms with Crippen molar-refractivity contribution >= 4 is 57.6 Å². The second-order valence-electron chi connectivity index (χ2n) is 6.87. The van der Waals surface area contributed by atoms with Crippen LogP contribution in [-0.4, -0.2) is 49.8 Å². The molecule has 1 fully saturated rings. The third-order valence-electron chi connectivity index (χ3n) is 5.00. The fourth-order valence-electron chi connectivity index (χ4n) is 3.61. The number of carbonyl (C=O) groups excluding carboxylic acids is 2. The zero-order chi connectivity index (χ0) is 23.0. The van der Waals surface area contributed by atoms with Crippen molar-refractivity contribution in [3.05, 3.63) is 49.9 Å². The largest absolute Gasteiger partial charge is 0.477 e. The first-order valence-corrected chi connectivity index (χ1v) is 11.3. The fourth-order valence-corrected chi connectivity index (χ4v) is 5.60. The van der Waals surface area contributed by atoms with Gasteiger partial charge in [-0.3, -0.25) is 14.5 Å². The van der Waals surface area contributed by atoms with Crippen LogP contribution in [0.2, 0.25) is 4.34 Å². The maximum Gasteiger partial charge on any atom is 0.353 e. The Bertz CT molecular complexity index is 1140. The van der Waals surface area contributed by atoms with Crippen molar-refractivity contribution in [3.8, 4) is 0 Å². The molecular weight excluding hydrogens is 480 g/mol. The third kappa shape index (κ3) is 3.94. The molecule has 0 radical (unpaired) electrons. The van der Waals surface area contributed by atoms with Crippen molar-refractivity contribution in [2.24, 2.45) is 5.18 Å². The number of hydrogen-bond donors (Lipinski definition) is 3. The normalized spacial score (nSPS) is 20.9. The van der Waals surface area contributed by atoms with Crippen molar-refractivity contribution < 1.29 is 19.5 Å². The molecule has 0 bridgehead atoms. The van der Waals surface area contributed by atoms with Crippen LogP contribution in [0.4, 0.5) is 5.13 Å². The summed E-state index contributed by atoms with van der Waals surface area (Å²) in [5.74, 6) is -2.70. The van der Waals surface area contributed by atoms with Gasteiger partial charge in [0.15, 0.2) is 5.13 Å².